The van der Waals surface area contributed by atoms with Gasteiger partial charge in [-0.15, -0.1) is 0 Å². The summed E-state index contributed by atoms with van der Waals surface area (Å²) in [5.41, 5.74) is 9.32. The molecule has 0 bridgehead atoms. The van der Waals surface area contributed by atoms with Crippen LogP contribution in [0.15, 0.2) is 73.1 Å². The van der Waals surface area contributed by atoms with E-state index in [4.69, 9.17) is 15.6 Å². The molecule has 0 saturated carbocycles. The van der Waals surface area contributed by atoms with Gasteiger partial charge in [0.2, 0.25) is 0 Å². The molecule has 9 heteroatoms. The van der Waals surface area contributed by atoms with Crippen LogP contribution in [0.25, 0.3) is 22.3 Å². The molecule has 2 fully saturated rings. The Hall–Kier alpha value is -4.24. The monoisotopic (exact) mass is 537 g/mol. The number of anilines is 1. The fourth-order valence-electron chi connectivity index (χ4n) is 5.78. The van der Waals surface area contributed by atoms with Gasteiger partial charge in [-0.1, -0.05) is 31.2 Å². The first kappa shape index (κ1) is 26.0. The summed E-state index contributed by atoms with van der Waals surface area (Å²) in [5, 5.41) is 5.73. The fraction of sp³-hybridized carbons (Fsp3) is 0.355. The minimum Gasteiger partial charge on any atom is -0.457 e. The van der Waals surface area contributed by atoms with Crippen LogP contribution in [0, 0.1) is 0 Å². The number of likely N-dealkylation sites (tertiary alicyclic amines) is 2. The molecule has 40 heavy (non-hydrogen) atoms. The van der Waals surface area contributed by atoms with Crippen molar-refractivity contribution in [1.82, 2.24) is 29.5 Å². The van der Waals surface area contributed by atoms with E-state index in [-0.39, 0.29) is 11.9 Å². The van der Waals surface area contributed by atoms with E-state index >= 15 is 0 Å². The SMILES string of the molecule is C=C(CN1CCCCC1)C(=O)N1CCC[C@@H](n2nc(-c3ccc(Oc4ccccc4)cc3)c3c(N)ncnc32)C1. The highest BCUT2D eigenvalue weighted by atomic mass is 16.5. The summed E-state index contributed by atoms with van der Waals surface area (Å²) in [5.74, 6) is 1.93. The van der Waals surface area contributed by atoms with Gasteiger partial charge in [-0.2, -0.15) is 5.10 Å². The number of nitrogens with two attached hydrogens (primary N) is 1. The highest BCUT2D eigenvalue weighted by molar-refractivity contribution is 5.98. The lowest BCUT2D eigenvalue weighted by atomic mass is 10.0. The number of hydrogen-bond donors (Lipinski definition) is 1. The number of para-hydroxylation sites is 1. The Morgan fingerprint density at radius 2 is 1.70 bits per heavy atom. The predicted molar refractivity (Wildman–Crippen MR) is 156 cm³/mol. The van der Waals surface area contributed by atoms with Crippen molar-refractivity contribution in [1.29, 1.82) is 0 Å². The molecule has 2 saturated heterocycles. The summed E-state index contributed by atoms with van der Waals surface area (Å²) < 4.78 is 7.89. The van der Waals surface area contributed by atoms with E-state index < -0.39 is 0 Å². The van der Waals surface area contributed by atoms with E-state index in [1.54, 1.807) is 0 Å². The molecule has 2 N–H and O–H groups in total. The van der Waals surface area contributed by atoms with E-state index in [2.05, 4.69) is 21.4 Å². The highest BCUT2D eigenvalue weighted by Gasteiger charge is 2.30. The minimum absolute atomic E-state index is 0.0216. The Kier molecular flexibility index (Phi) is 7.46. The lowest BCUT2D eigenvalue weighted by Gasteiger charge is -2.34. The molecule has 1 atom stereocenters. The molecule has 2 aromatic carbocycles. The third kappa shape index (κ3) is 5.42. The Labute approximate surface area is 234 Å². The average molecular weight is 538 g/mol. The third-order valence-electron chi connectivity index (χ3n) is 7.82. The second-order valence-electron chi connectivity index (χ2n) is 10.7. The maximum atomic E-state index is 13.4. The van der Waals surface area contributed by atoms with Gasteiger partial charge < -0.3 is 15.4 Å². The van der Waals surface area contributed by atoms with Crippen LogP contribution in [0.3, 0.4) is 0 Å². The molecule has 206 valence electrons. The van der Waals surface area contributed by atoms with Crippen molar-refractivity contribution < 1.29 is 9.53 Å². The van der Waals surface area contributed by atoms with Crippen LogP contribution < -0.4 is 10.5 Å². The van der Waals surface area contributed by atoms with Crippen LogP contribution in [-0.4, -0.2) is 68.2 Å². The van der Waals surface area contributed by atoms with Gasteiger partial charge in [0.1, 0.15) is 29.3 Å². The Balaban J connectivity index is 1.23. The molecule has 0 radical (unpaired) electrons. The fourth-order valence-corrected chi connectivity index (χ4v) is 5.78. The van der Waals surface area contributed by atoms with E-state index in [0.29, 0.717) is 30.1 Å². The summed E-state index contributed by atoms with van der Waals surface area (Å²) in [4.78, 5) is 26.5. The van der Waals surface area contributed by atoms with Gasteiger partial charge in [-0.25, -0.2) is 14.6 Å². The van der Waals surface area contributed by atoms with Crippen molar-refractivity contribution in [2.24, 2.45) is 0 Å². The van der Waals surface area contributed by atoms with Gasteiger partial charge in [0.25, 0.3) is 5.91 Å². The maximum absolute atomic E-state index is 13.4. The Morgan fingerprint density at radius 3 is 2.48 bits per heavy atom. The summed E-state index contributed by atoms with van der Waals surface area (Å²) >= 11 is 0. The quantitative estimate of drug-likeness (QED) is 0.328. The zero-order chi connectivity index (χ0) is 27.5. The van der Waals surface area contributed by atoms with Crippen molar-refractivity contribution in [3.05, 3.63) is 73.1 Å². The first-order valence-electron chi connectivity index (χ1n) is 14.1. The number of ether oxygens (including phenoxy) is 1. The van der Waals surface area contributed by atoms with E-state index in [0.717, 1.165) is 60.6 Å². The standard InChI is InChI=1S/C31H35N7O2/c1-22(19-36-16-6-3-7-17-36)31(39)37-18-8-9-24(20-37)38-30-27(29(32)33-21-34-30)28(35-38)23-12-14-26(15-13-23)40-25-10-4-2-5-11-25/h2,4-5,10-15,21,24H,1,3,6-9,16-20H2,(H2,32,33,34)/t24-/m1/s1. The number of fused-ring (bicyclic) bond motifs is 1. The van der Waals surface area contributed by atoms with Crippen molar-refractivity contribution in [2.75, 3.05) is 38.5 Å². The Bertz CT molecular complexity index is 1490. The summed E-state index contributed by atoms with van der Waals surface area (Å²) in [6.45, 7) is 8.16. The number of hydrogen-bond acceptors (Lipinski definition) is 7. The molecule has 1 amide bonds. The van der Waals surface area contributed by atoms with Crippen LogP contribution in [-0.2, 0) is 4.79 Å². The van der Waals surface area contributed by atoms with Crippen LogP contribution in [0.2, 0.25) is 0 Å². The predicted octanol–water partition coefficient (Wildman–Crippen LogP) is 5.07. The zero-order valence-electron chi connectivity index (χ0n) is 22.7. The molecule has 0 spiro atoms. The number of nitrogen functional groups attached to an aromatic ring is 1. The van der Waals surface area contributed by atoms with Crippen LogP contribution in [0.1, 0.15) is 38.1 Å². The summed E-state index contributed by atoms with van der Waals surface area (Å²) in [6, 6.07) is 17.4. The number of amides is 1. The van der Waals surface area contributed by atoms with Gasteiger partial charge in [0.05, 0.1) is 11.4 Å². The maximum Gasteiger partial charge on any atom is 0.250 e. The van der Waals surface area contributed by atoms with Gasteiger partial charge in [-0.3, -0.25) is 9.69 Å². The summed E-state index contributed by atoms with van der Waals surface area (Å²) in [6.07, 6.45) is 6.90. The third-order valence-corrected chi connectivity index (χ3v) is 7.82. The Morgan fingerprint density at radius 1 is 0.950 bits per heavy atom. The number of carbonyl (C=O) groups excluding carboxylic acids is 1. The molecule has 6 rings (SSSR count). The number of carbonyl (C=O) groups is 1. The van der Waals surface area contributed by atoms with Crippen LogP contribution >= 0.6 is 0 Å². The smallest absolute Gasteiger partial charge is 0.250 e. The van der Waals surface area contributed by atoms with E-state index in [9.17, 15) is 4.79 Å². The minimum atomic E-state index is -0.0216. The van der Waals surface area contributed by atoms with Gasteiger partial charge in [0, 0.05) is 30.8 Å². The molecule has 4 aromatic rings. The largest absolute Gasteiger partial charge is 0.457 e. The number of piperidine rings is 2. The molecule has 9 nitrogen and oxygen atoms in total. The lowest BCUT2D eigenvalue weighted by Crippen LogP contribution is -2.43. The number of aromatic nitrogens is 4. The second kappa shape index (κ2) is 11.5. The molecular formula is C31H35N7O2. The molecule has 2 aromatic heterocycles. The van der Waals surface area contributed by atoms with Crippen molar-refractivity contribution in [3.8, 4) is 22.8 Å². The average Bonchev–Trinajstić information content (AvgIpc) is 3.39. The highest BCUT2D eigenvalue weighted by Crippen LogP contribution is 2.35. The van der Waals surface area contributed by atoms with E-state index in [1.165, 1.54) is 25.6 Å². The number of rotatable bonds is 7. The molecular weight excluding hydrogens is 502 g/mol. The van der Waals surface area contributed by atoms with Gasteiger partial charge >= 0.3 is 0 Å². The normalized spacial score (nSPS) is 18.1. The molecule has 2 aliphatic rings. The van der Waals surface area contributed by atoms with Crippen molar-refractivity contribution in [2.45, 2.75) is 38.1 Å². The molecule has 0 unspecified atom stereocenters. The number of nitrogens with zero attached hydrogens (tertiary/aromatic N) is 6. The lowest BCUT2D eigenvalue weighted by molar-refractivity contribution is -0.129. The van der Waals surface area contributed by atoms with E-state index in [1.807, 2.05) is 64.2 Å². The first-order valence-corrected chi connectivity index (χ1v) is 14.1. The molecule has 0 aliphatic carbocycles. The molecule has 4 heterocycles. The topological polar surface area (TPSA) is 102 Å². The van der Waals surface area contributed by atoms with Gasteiger partial charge in [-0.05, 0) is 75.2 Å². The second-order valence-corrected chi connectivity index (χ2v) is 10.7. The van der Waals surface area contributed by atoms with Crippen molar-refractivity contribution >= 4 is 22.8 Å². The van der Waals surface area contributed by atoms with Gasteiger partial charge in [0.15, 0.2) is 5.65 Å². The summed E-state index contributed by atoms with van der Waals surface area (Å²) in [7, 11) is 0. The molecule has 2 aliphatic heterocycles. The first-order chi connectivity index (χ1) is 19.6. The van der Waals surface area contributed by atoms with Crippen LogP contribution in [0.5, 0.6) is 11.5 Å². The zero-order valence-corrected chi connectivity index (χ0v) is 22.7. The number of benzene rings is 2. The van der Waals surface area contributed by atoms with Crippen LogP contribution in [0.4, 0.5) is 5.82 Å². The van der Waals surface area contributed by atoms with Crippen molar-refractivity contribution in [3.63, 3.8) is 0 Å².